The van der Waals surface area contributed by atoms with E-state index in [2.05, 4.69) is 33.5 Å². The van der Waals surface area contributed by atoms with E-state index in [9.17, 15) is 0 Å². The van der Waals surface area contributed by atoms with Crippen molar-refractivity contribution < 1.29 is 4.43 Å². The third-order valence-electron chi connectivity index (χ3n) is 0.368. The van der Waals surface area contributed by atoms with Gasteiger partial charge >= 0.3 is 0 Å². The molecular formula is C7H18OSi. The molecule has 0 aliphatic heterocycles. The molecule has 0 rings (SSSR count). The van der Waals surface area contributed by atoms with Crippen LogP contribution in [0.4, 0.5) is 0 Å². The highest BCUT2D eigenvalue weighted by atomic mass is 28.3. The minimum absolute atomic E-state index is 0.789. The minimum Gasteiger partial charge on any atom is -0.553 e. The molecule has 0 unspecified atom stereocenters. The van der Waals surface area contributed by atoms with E-state index < -0.39 is 9.04 Å². The van der Waals surface area contributed by atoms with E-state index in [0.29, 0.717) is 0 Å². The third kappa shape index (κ3) is 33.8. The van der Waals surface area contributed by atoms with E-state index in [-0.39, 0.29) is 0 Å². The summed E-state index contributed by atoms with van der Waals surface area (Å²) in [6, 6.07) is 0. The smallest absolute Gasteiger partial charge is 0.228 e. The number of hydrogen-bond donors (Lipinski definition) is 0. The third-order valence-corrected chi connectivity index (χ3v) is 1.11. The van der Waals surface area contributed by atoms with Gasteiger partial charge in [-0.1, -0.05) is 26.8 Å². The maximum absolute atomic E-state index is 4.94. The second kappa shape index (κ2) is 10.7. The zero-order valence-electron chi connectivity index (χ0n) is 6.98. The first-order valence-corrected chi connectivity index (χ1v) is 6.23. The molecule has 0 bridgehead atoms. The van der Waals surface area contributed by atoms with Gasteiger partial charge in [0.05, 0.1) is 6.26 Å². The van der Waals surface area contributed by atoms with Crippen LogP contribution in [-0.2, 0) is 4.43 Å². The van der Waals surface area contributed by atoms with Crippen LogP contribution in [0.25, 0.3) is 0 Å². The van der Waals surface area contributed by atoms with Crippen LogP contribution in [-0.4, -0.2) is 9.04 Å². The molecule has 0 aromatic carbocycles. The Morgan fingerprint density at radius 1 is 1.44 bits per heavy atom. The summed E-state index contributed by atoms with van der Waals surface area (Å²) in [7, 11) is -0.789. The molecule has 0 saturated carbocycles. The van der Waals surface area contributed by atoms with E-state index in [1.165, 1.54) is 12.7 Å². The molecule has 0 N–H and O–H groups in total. The zero-order valence-corrected chi connectivity index (χ0v) is 8.13. The van der Waals surface area contributed by atoms with Crippen LogP contribution in [0, 0.1) is 0 Å². The molecule has 0 spiro atoms. The molecule has 0 heterocycles. The van der Waals surface area contributed by atoms with Crippen LogP contribution >= 0.6 is 0 Å². The predicted molar refractivity (Wildman–Crippen MR) is 46.1 cm³/mol. The molecule has 0 aliphatic carbocycles. The Morgan fingerprint density at radius 3 is 1.78 bits per heavy atom. The van der Waals surface area contributed by atoms with Crippen molar-refractivity contribution in [3.8, 4) is 0 Å². The van der Waals surface area contributed by atoms with E-state index in [1.807, 2.05) is 0 Å². The van der Waals surface area contributed by atoms with Crippen LogP contribution < -0.4 is 0 Å². The summed E-state index contributed by atoms with van der Waals surface area (Å²) in [5.74, 6) is 0. The molecule has 1 nitrogen and oxygen atoms in total. The molecule has 0 aliphatic rings. The standard InChI is InChI=1S/C4H10OSi.C3H8/c1-4-5-6(2)3;1-3-2/h4,6H,1H2,2-3H3;3H2,1-2H3. The minimum atomic E-state index is -0.789. The first kappa shape index (κ1) is 11.5. The average molecular weight is 146 g/mol. The Hall–Kier alpha value is -0.243. The van der Waals surface area contributed by atoms with Gasteiger partial charge in [0.2, 0.25) is 9.04 Å². The van der Waals surface area contributed by atoms with Crippen LogP contribution in [0.15, 0.2) is 12.8 Å². The molecule has 0 fully saturated rings. The van der Waals surface area contributed by atoms with Gasteiger partial charge in [-0.2, -0.15) is 0 Å². The highest BCUT2D eigenvalue weighted by molar-refractivity contribution is 6.48. The van der Waals surface area contributed by atoms with Gasteiger partial charge in [0.15, 0.2) is 0 Å². The van der Waals surface area contributed by atoms with Crippen molar-refractivity contribution in [1.29, 1.82) is 0 Å². The summed E-state index contributed by atoms with van der Waals surface area (Å²) in [5.41, 5.74) is 0. The van der Waals surface area contributed by atoms with Crippen molar-refractivity contribution >= 4 is 9.04 Å². The molecular weight excluding hydrogens is 128 g/mol. The Kier molecular flexibility index (Phi) is 13.7. The van der Waals surface area contributed by atoms with Gasteiger partial charge in [0, 0.05) is 0 Å². The SMILES string of the molecule is C=CO[SiH](C)C.CCC. The summed E-state index contributed by atoms with van der Waals surface area (Å²) < 4.78 is 4.94. The van der Waals surface area contributed by atoms with Gasteiger partial charge < -0.3 is 4.43 Å². The van der Waals surface area contributed by atoms with Crippen molar-refractivity contribution in [2.75, 3.05) is 0 Å². The first-order chi connectivity index (χ1) is 4.18. The maximum atomic E-state index is 4.94. The molecule has 0 atom stereocenters. The van der Waals surface area contributed by atoms with Crippen LogP contribution in [0.5, 0.6) is 0 Å². The first-order valence-electron chi connectivity index (χ1n) is 3.45. The molecule has 9 heavy (non-hydrogen) atoms. The second-order valence-electron chi connectivity index (χ2n) is 2.06. The molecule has 0 radical (unpaired) electrons. The summed E-state index contributed by atoms with van der Waals surface area (Å²) >= 11 is 0. The van der Waals surface area contributed by atoms with Gasteiger partial charge in [-0.05, 0) is 13.1 Å². The Morgan fingerprint density at radius 2 is 1.78 bits per heavy atom. The largest absolute Gasteiger partial charge is 0.553 e. The summed E-state index contributed by atoms with van der Waals surface area (Å²) in [5, 5.41) is 0. The van der Waals surface area contributed by atoms with Crippen molar-refractivity contribution in [1.82, 2.24) is 0 Å². The lowest BCUT2D eigenvalue weighted by atomic mass is 10.6. The fourth-order valence-corrected chi connectivity index (χ4v) is 0.577. The lowest BCUT2D eigenvalue weighted by Gasteiger charge is -1.97. The van der Waals surface area contributed by atoms with Gasteiger partial charge in [-0.3, -0.25) is 0 Å². The highest BCUT2D eigenvalue weighted by Crippen LogP contribution is 1.79. The monoisotopic (exact) mass is 146 g/mol. The Balaban J connectivity index is 0. The average Bonchev–Trinajstić information content (AvgIpc) is 1.67. The molecule has 0 amide bonds. The van der Waals surface area contributed by atoms with E-state index in [0.717, 1.165) is 0 Å². The highest BCUT2D eigenvalue weighted by Gasteiger charge is 1.86. The number of rotatable bonds is 2. The molecule has 56 valence electrons. The van der Waals surface area contributed by atoms with Gasteiger partial charge in [-0.15, -0.1) is 0 Å². The lowest BCUT2D eigenvalue weighted by Crippen LogP contribution is -2.00. The predicted octanol–water partition coefficient (Wildman–Crippen LogP) is 2.55. The zero-order chi connectivity index (χ0) is 7.70. The lowest BCUT2D eigenvalue weighted by molar-refractivity contribution is 0.503. The van der Waals surface area contributed by atoms with Crippen molar-refractivity contribution in [2.45, 2.75) is 33.4 Å². The molecule has 0 aromatic rings. The molecule has 0 saturated heterocycles. The van der Waals surface area contributed by atoms with Crippen molar-refractivity contribution in [3.05, 3.63) is 12.8 Å². The fourth-order valence-electron chi connectivity index (χ4n) is 0.192. The quantitative estimate of drug-likeness (QED) is 0.430. The Labute approximate surface area is 60.5 Å². The fraction of sp³-hybridized carbons (Fsp3) is 0.714. The van der Waals surface area contributed by atoms with E-state index >= 15 is 0 Å². The number of hydrogen-bond acceptors (Lipinski definition) is 1. The van der Waals surface area contributed by atoms with Gasteiger partial charge in [-0.25, -0.2) is 0 Å². The maximum Gasteiger partial charge on any atom is 0.228 e. The summed E-state index contributed by atoms with van der Waals surface area (Å²) in [4.78, 5) is 0. The van der Waals surface area contributed by atoms with Gasteiger partial charge in [0.25, 0.3) is 0 Å². The van der Waals surface area contributed by atoms with Gasteiger partial charge in [0.1, 0.15) is 0 Å². The van der Waals surface area contributed by atoms with Crippen LogP contribution in [0.3, 0.4) is 0 Å². The van der Waals surface area contributed by atoms with E-state index in [1.54, 1.807) is 0 Å². The normalized spacial score (nSPS) is 7.67. The molecule has 2 heteroatoms. The van der Waals surface area contributed by atoms with Crippen LogP contribution in [0.2, 0.25) is 13.1 Å². The summed E-state index contributed by atoms with van der Waals surface area (Å²) in [6.07, 6.45) is 2.76. The van der Waals surface area contributed by atoms with Crippen molar-refractivity contribution in [2.24, 2.45) is 0 Å². The Bertz CT molecular complexity index is 52.9. The van der Waals surface area contributed by atoms with E-state index in [4.69, 9.17) is 4.43 Å². The summed E-state index contributed by atoms with van der Waals surface area (Å²) in [6.45, 7) is 11.9. The topological polar surface area (TPSA) is 9.23 Å². The molecule has 0 aromatic heterocycles. The van der Waals surface area contributed by atoms with Crippen LogP contribution in [0.1, 0.15) is 20.3 Å². The second-order valence-corrected chi connectivity index (χ2v) is 4.43. The van der Waals surface area contributed by atoms with Crippen molar-refractivity contribution in [3.63, 3.8) is 0 Å².